The summed E-state index contributed by atoms with van der Waals surface area (Å²) in [7, 11) is -3.55. The Balaban J connectivity index is 1.82. The second-order valence-corrected chi connectivity index (χ2v) is 9.28. The molecule has 1 saturated carbocycles. The van der Waals surface area contributed by atoms with Crippen LogP contribution in [0.5, 0.6) is 0 Å². The molecule has 0 amide bonds. The van der Waals surface area contributed by atoms with Gasteiger partial charge < -0.3 is 4.74 Å². The minimum Gasteiger partial charge on any atom is -0.461 e. The van der Waals surface area contributed by atoms with Gasteiger partial charge in [0.25, 0.3) is 0 Å². The molecule has 0 bridgehead atoms. The molecule has 138 valence electrons. The van der Waals surface area contributed by atoms with E-state index in [0.29, 0.717) is 17.4 Å². The van der Waals surface area contributed by atoms with E-state index in [1.165, 1.54) is 30.5 Å². The number of aryl methyl sites for hydroxylation is 1. The van der Waals surface area contributed by atoms with Crippen LogP contribution in [0.4, 0.5) is 0 Å². The molecule has 5 nitrogen and oxygen atoms in total. The third kappa shape index (κ3) is 4.06. The van der Waals surface area contributed by atoms with E-state index in [1.54, 1.807) is 12.1 Å². The third-order valence-electron chi connectivity index (χ3n) is 5.51. The second kappa shape index (κ2) is 7.46. The molecule has 0 aromatic heterocycles. The number of ether oxygens (including phenoxy) is 1. The van der Waals surface area contributed by atoms with Crippen LogP contribution in [0.2, 0.25) is 0 Å². The van der Waals surface area contributed by atoms with Crippen LogP contribution < -0.4 is 0 Å². The molecule has 2 aliphatic rings. The minimum absolute atomic E-state index is 0.101. The first kappa shape index (κ1) is 18.4. The number of rotatable bonds is 4. The van der Waals surface area contributed by atoms with E-state index in [1.807, 2.05) is 19.1 Å². The summed E-state index contributed by atoms with van der Waals surface area (Å²) in [6.07, 6.45) is 5.46. The molecule has 3 rings (SSSR count). The van der Waals surface area contributed by atoms with E-state index >= 15 is 0 Å². The maximum atomic E-state index is 13.0. The monoisotopic (exact) mass is 365 g/mol. The molecular formula is C19H27NO4S. The van der Waals surface area contributed by atoms with Crippen molar-refractivity contribution in [3.8, 4) is 0 Å². The Bertz CT molecular complexity index is 707. The van der Waals surface area contributed by atoms with Gasteiger partial charge in [0.05, 0.1) is 11.4 Å². The molecule has 1 aromatic carbocycles. The van der Waals surface area contributed by atoms with Gasteiger partial charge in [0.15, 0.2) is 0 Å². The van der Waals surface area contributed by atoms with E-state index in [0.717, 1.165) is 18.4 Å². The van der Waals surface area contributed by atoms with Crippen molar-refractivity contribution in [3.05, 3.63) is 29.8 Å². The van der Waals surface area contributed by atoms with Crippen LogP contribution in [0.25, 0.3) is 0 Å². The molecule has 0 unspecified atom stereocenters. The smallest absolute Gasteiger partial charge is 0.302 e. The van der Waals surface area contributed by atoms with Crippen LogP contribution in [-0.2, 0) is 19.6 Å². The lowest BCUT2D eigenvalue weighted by Gasteiger charge is -2.30. The standard InChI is InChI=1S/C19H27NO4S/c1-14-8-10-17(11-9-14)25(22,23)20-12-18(16-6-4-3-5-7-16)19(13-20)24-15(2)21/h8-11,16,18-19H,3-7,12-13H2,1-2H3/t18-,19-/m1/s1. The molecule has 2 fully saturated rings. The highest BCUT2D eigenvalue weighted by molar-refractivity contribution is 7.89. The lowest BCUT2D eigenvalue weighted by atomic mass is 9.78. The largest absolute Gasteiger partial charge is 0.461 e. The number of hydrogen-bond donors (Lipinski definition) is 0. The molecule has 1 heterocycles. The summed E-state index contributed by atoms with van der Waals surface area (Å²) < 4.78 is 33.0. The van der Waals surface area contributed by atoms with Gasteiger partial charge >= 0.3 is 5.97 Å². The Morgan fingerprint density at radius 2 is 1.72 bits per heavy atom. The van der Waals surface area contributed by atoms with Crippen molar-refractivity contribution in [1.82, 2.24) is 4.31 Å². The lowest BCUT2D eigenvalue weighted by Crippen LogP contribution is -2.31. The summed E-state index contributed by atoms with van der Waals surface area (Å²) in [4.78, 5) is 11.8. The van der Waals surface area contributed by atoms with Gasteiger partial charge in [-0.3, -0.25) is 4.79 Å². The van der Waals surface area contributed by atoms with E-state index in [2.05, 4.69) is 0 Å². The number of carbonyl (C=O) groups is 1. The van der Waals surface area contributed by atoms with Crippen LogP contribution in [0.1, 0.15) is 44.6 Å². The van der Waals surface area contributed by atoms with Gasteiger partial charge in [-0.25, -0.2) is 8.42 Å². The van der Waals surface area contributed by atoms with Gasteiger partial charge in [-0.05, 0) is 37.8 Å². The van der Waals surface area contributed by atoms with E-state index in [-0.39, 0.29) is 24.5 Å². The first-order valence-corrected chi connectivity index (χ1v) is 10.6. The van der Waals surface area contributed by atoms with Gasteiger partial charge in [-0.15, -0.1) is 0 Å². The Morgan fingerprint density at radius 1 is 1.08 bits per heavy atom. The van der Waals surface area contributed by atoms with Crippen molar-refractivity contribution in [3.63, 3.8) is 0 Å². The Morgan fingerprint density at radius 3 is 2.32 bits per heavy atom. The molecule has 1 aromatic rings. The average molecular weight is 365 g/mol. The first-order chi connectivity index (χ1) is 11.9. The summed E-state index contributed by atoms with van der Waals surface area (Å²) in [6.45, 7) is 4.03. The first-order valence-electron chi connectivity index (χ1n) is 9.12. The fourth-order valence-electron chi connectivity index (χ4n) is 4.17. The molecule has 6 heteroatoms. The summed E-state index contributed by atoms with van der Waals surface area (Å²) in [5.41, 5.74) is 1.03. The molecule has 0 N–H and O–H groups in total. The average Bonchev–Trinajstić information content (AvgIpc) is 3.00. The molecule has 2 atom stereocenters. The van der Waals surface area contributed by atoms with Crippen LogP contribution in [0, 0.1) is 18.8 Å². The summed E-state index contributed by atoms with van der Waals surface area (Å²) in [6, 6.07) is 6.93. The molecule has 1 saturated heterocycles. The van der Waals surface area contributed by atoms with Crippen molar-refractivity contribution in [2.24, 2.45) is 11.8 Å². The van der Waals surface area contributed by atoms with Crippen LogP contribution in [0.3, 0.4) is 0 Å². The Hall–Kier alpha value is -1.40. The van der Waals surface area contributed by atoms with Crippen molar-refractivity contribution >= 4 is 16.0 Å². The van der Waals surface area contributed by atoms with Crippen molar-refractivity contribution in [2.45, 2.75) is 57.0 Å². The molecule has 0 radical (unpaired) electrons. The number of carbonyl (C=O) groups excluding carboxylic acids is 1. The maximum Gasteiger partial charge on any atom is 0.302 e. The topological polar surface area (TPSA) is 63.7 Å². The summed E-state index contributed by atoms with van der Waals surface area (Å²) >= 11 is 0. The van der Waals surface area contributed by atoms with E-state index in [4.69, 9.17) is 4.74 Å². The van der Waals surface area contributed by atoms with Crippen molar-refractivity contribution in [1.29, 1.82) is 0 Å². The summed E-state index contributed by atoms with van der Waals surface area (Å²) in [5.74, 6) is 0.209. The molecule has 1 aliphatic heterocycles. The zero-order valence-electron chi connectivity index (χ0n) is 15.0. The van der Waals surface area contributed by atoms with Gasteiger partial charge in [-0.2, -0.15) is 4.31 Å². The molecule has 0 spiro atoms. The number of esters is 1. The van der Waals surface area contributed by atoms with Gasteiger partial charge in [-0.1, -0.05) is 37.0 Å². The fourth-order valence-corrected chi connectivity index (χ4v) is 5.66. The molecule has 1 aliphatic carbocycles. The SMILES string of the molecule is CC(=O)O[C@@H]1CN(S(=O)(=O)c2ccc(C)cc2)C[C@@H]1C1CCCCC1. The van der Waals surface area contributed by atoms with Gasteiger partial charge in [0.2, 0.25) is 10.0 Å². The molecule has 25 heavy (non-hydrogen) atoms. The van der Waals surface area contributed by atoms with Gasteiger partial charge in [0.1, 0.15) is 6.10 Å². The van der Waals surface area contributed by atoms with Crippen LogP contribution >= 0.6 is 0 Å². The highest BCUT2D eigenvalue weighted by Crippen LogP contribution is 2.38. The lowest BCUT2D eigenvalue weighted by molar-refractivity contribution is -0.148. The Labute approximate surface area is 150 Å². The number of benzene rings is 1. The zero-order valence-corrected chi connectivity index (χ0v) is 15.8. The predicted octanol–water partition coefficient (Wildman–Crippen LogP) is 3.13. The van der Waals surface area contributed by atoms with Crippen LogP contribution in [0.15, 0.2) is 29.2 Å². The highest BCUT2D eigenvalue weighted by Gasteiger charge is 2.44. The highest BCUT2D eigenvalue weighted by atomic mass is 32.2. The maximum absolute atomic E-state index is 13.0. The summed E-state index contributed by atoms with van der Waals surface area (Å²) in [5, 5.41) is 0. The van der Waals surface area contributed by atoms with Crippen LogP contribution in [-0.4, -0.2) is 37.9 Å². The van der Waals surface area contributed by atoms with E-state index < -0.39 is 10.0 Å². The number of nitrogens with zero attached hydrogens (tertiary/aromatic N) is 1. The quantitative estimate of drug-likeness (QED) is 0.769. The van der Waals surface area contributed by atoms with Crippen molar-refractivity contribution in [2.75, 3.05) is 13.1 Å². The molecular weight excluding hydrogens is 338 g/mol. The Kier molecular flexibility index (Phi) is 5.49. The third-order valence-corrected chi connectivity index (χ3v) is 7.35. The second-order valence-electron chi connectivity index (χ2n) is 7.34. The van der Waals surface area contributed by atoms with E-state index in [9.17, 15) is 13.2 Å². The fraction of sp³-hybridized carbons (Fsp3) is 0.632. The normalized spacial score (nSPS) is 25.8. The predicted molar refractivity (Wildman–Crippen MR) is 95.6 cm³/mol. The zero-order chi connectivity index (χ0) is 18.0. The van der Waals surface area contributed by atoms with Gasteiger partial charge in [0, 0.05) is 19.4 Å². The van der Waals surface area contributed by atoms with Crippen molar-refractivity contribution < 1.29 is 17.9 Å². The number of sulfonamides is 1. The number of hydrogen-bond acceptors (Lipinski definition) is 4. The minimum atomic E-state index is -3.55.